The van der Waals surface area contributed by atoms with Crippen LogP contribution in [0.3, 0.4) is 0 Å². The number of likely N-dealkylation sites (tertiary alicyclic amines) is 1. The van der Waals surface area contributed by atoms with Crippen molar-refractivity contribution in [3.05, 3.63) is 35.5 Å². The van der Waals surface area contributed by atoms with Crippen LogP contribution in [0.1, 0.15) is 37.3 Å². The molecule has 0 saturated carbocycles. The van der Waals surface area contributed by atoms with E-state index < -0.39 is 0 Å². The van der Waals surface area contributed by atoms with E-state index in [9.17, 15) is 5.11 Å². The van der Waals surface area contributed by atoms with Gasteiger partial charge in [0.1, 0.15) is 0 Å². The molecule has 4 N–H and O–H groups in total. The van der Waals surface area contributed by atoms with E-state index in [-0.39, 0.29) is 6.10 Å². The Morgan fingerprint density at radius 1 is 1.29 bits per heavy atom. The van der Waals surface area contributed by atoms with Gasteiger partial charge in [-0.15, -0.1) is 0 Å². The number of rotatable bonds is 8. The molecular formula is C22H35N5O. The number of aromatic amines is 1. The lowest BCUT2D eigenvalue weighted by molar-refractivity contribution is 0.0824. The summed E-state index contributed by atoms with van der Waals surface area (Å²) in [5.74, 6) is 0.896. The highest BCUT2D eigenvalue weighted by Gasteiger charge is 2.15. The lowest BCUT2D eigenvalue weighted by Crippen LogP contribution is -2.39. The third-order valence-corrected chi connectivity index (χ3v) is 5.50. The molecule has 0 unspecified atom stereocenters. The Bertz CT molecular complexity index is 761. The standard InChI is InChI=1S/C22H35N5O/c1-3-23-22(24-11-5-13-27-14-9-19(28)10-15-27)25-12-8-18-16-26-21-17(2)6-4-7-20(18)21/h4,6-7,16,19,26,28H,3,5,8-15H2,1-2H3,(H2,23,24,25). The van der Waals surface area contributed by atoms with Gasteiger partial charge in [0.15, 0.2) is 5.96 Å². The highest BCUT2D eigenvalue weighted by molar-refractivity contribution is 5.86. The fourth-order valence-corrected chi connectivity index (χ4v) is 3.86. The molecule has 1 aliphatic heterocycles. The van der Waals surface area contributed by atoms with E-state index in [1.54, 1.807) is 0 Å². The van der Waals surface area contributed by atoms with Gasteiger partial charge in [-0.25, -0.2) is 0 Å². The second kappa shape index (κ2) is 10.5. The van der Waals surface area contributed by atoms with Gasteiger partial charge in [-0.2, -0.15) is 0 Å². The van der Waals surface area contributed by atoms with Crippen molar-refractivity contribution in [3.63, 3.8) is 0 Å². The van der Waals surface area contributed by atoms with Crippen LogP contribution < -0.4 is 10.6 Å². The Labute approximate surface area is 168 Å². The van der Waals surface area contributed by atoms with E-state index >= 15 is 0 Å². The van der Waals surface area contributed by atoms with Crippen molar-refractivity contribution in [1.29, 1.82) is 0 Å². The van der Waals surface area contributed by atoms with Crippen LogP contribution >= 0.6 is 0 Å². The van der Waals surface area contributed by atoms with Crippen LogP contribution in [0.25, 0.3) is 10.9 Å². The second-order valence-electron chi connectivity index (χ2n) is 7.68. The van der Waals surface area contributed by atoms with Gasteiger partial charge in [-0.05, 0) is 57.2 Å². The molecule has 6 heteroatoms. The maximum atomic E-state index is 9.59. The Kier molecular flexibility index (Phi) is 7.74. The molecular weight excluding hydrogens is 350 g/mol. The highest BCUT2D eigenvalue weighted by atomic mass is 16.3. The smallest absolute Gasteiger partial charge is 0.191 e. The number of aliphatic hydroxyl groups is 1. The summed E-state index contributed by atoms with van der Waals surface area (Å²) in [5, 5.41) is 17.7. The molecule has 1 saturated heterocycles. The summed E-state index contributed by atoms with van der Waals surface area (Å²) in [4.78, 5) is 10.6. The van der Waals surface area contributed by atoms with Crippen LogP contribution in [-0.2, 0) is 6.42 Å². The van der Waals surface area contributed by atoms with Gasteiger partial charge < -0.3 is 25.6 Å². The summed E-state index contributed by atoms with van der Waals surface area (Å²) >= 11 is 0. The molecule has 1 aromatic heterocycles. The number of fused-ring (bicyclic) bond motifs is 1. The Morgan fingerprint density at radius 2 is 2.11 bits per heavy atom. The van der Waals surface area contributed by atoms with Gasteiger partial charge >= 0.3 is 0 Å². The van der Waals surface area contributed by atoms with E-state index in [1.165, 1.54) is 22.0 Å². The van der Waals surface area contributed by atoms with Gasteiger partial charge in [-0.1, -0.05) is 18.2 Å². The first-order chi connectivity index (χ1) is 13.7. The molecule has 0 aliphatic carbocycles. The minimum absolute atomic E-state index is 0.0973. The molecule has 0 bridgehead atoms. The number of aliphatic hydroxyl groups excluding tert-OH is 1. The average molecular weight is 386 g/mol. The predicted molar refractivity (Wildman–Crippen MR) is 117 cm³/mol. The van der Waals surface area contributed by atoms with Crippen molar-refractivity contribution in [2.75, 3.05) is 39.3 Å². The van der Waals surface area contributed by atoms with Crippen molar-refractivity contribution in [1.82, 2.24) is 20.5 Å². The quantitative estimate of drug-likeness (QED) is 0.320. The largest absolute Gasteiger partial charge is 0.393 e. The summed E-state index contributed by atoms with van der Waals surface area (Å²) in [6.45, 7) is 9.85. The van der Waals surface area contributed by atoms with E-state index in [1.807, 2.05) is 0 Å². The highest BCUT2D eigenvalue weighted by Crippen LogP contribution is 2.21. The molecule has 1 aliphatic rings. The zero-order chi connectivity index (χ0) is 19.8. The zero-order valence-corrected chi connectivity index (χ0v) is 17.3. The normalized spacial score (nSPS) is 16.6. The van der Waals surface area contributed by atoms with Crippen molar-refractivity contribution in [2.45, 2.75) is 45.6 Å². The SMILES string of the molecule is CCNC(=NCCCN1CCC(O)CC1)NCCc1c[nH]c2c(C)cccc12. The van der Waals surface area contributed by atoms with Gasteiger partial charge in [0.25, 0.3) is 0 Å². The third kappa shape index (κ3) is 5.72. The molecule has 0 radical (unpaired) electrons. The topological polar surface area (TPSA) is 75.7 Å². The fourth-order valence-electron chi connectivity index (χ4n) is 3.86. The Morgan fingerprint density at radius 3 is 2.89 bits per heavy atom. The number of aryl methyl sites for hydroxylation is 1. The predicted octanol–water partition coefficient (Wildman–Crippen LogP) is 2.42. The fraction of sp³-hybridized carbons (Fsp3) is 0.591. The lowest BCUT2D eigenvalue weighted by Gasteiger charge is -2.29. The number of aromatic nitrogens is 1. The molecule has 1 fully saturated rings. The van der Waals surface area contributed by atoms with Crippen LogP contribution in [0, 0.1) is 6.92 Å². The first kappa shape index (κ1) is 20.7. The maximum absolute atomic E-state index is 9.59. The van der Waals surface area contributed by atoms with Crippen LogP contribution in [0.4, 0.5) is 0 Å². The third-order valence-electron chi connectivity index (χ3n) is 5.50. The van der Waals surface area contributed by atoms with Gasteiger partial charge in [-0.3, -0.25) is 4.99 Å². The number of nitrogens with one attached hydrogen (secondary N) is 3. The minimum atomic E-state index is -0.0973. The van der Waals surface area contributed by atoms with Crippen LogP contribution in [-0.4, -0.2) is 66.3 Å². The number of benzene rings is 1. The van der Waals surface area contributed by atoms with E-state index in [4.69, 9.17) is 4.99 Å². The molecule has 6 nitrogen and oxygen atoms in total. The molecule has 0 atom stereocenters. The molecule has 0 spiro atoms. The summed E-state index contributed by atoms with van der Waals surface area (Å²) in [5.41, 5.74) is 3.87. The molecule has 0 amide bonds. The number of hydrogen-bond donors (Lipinski definition) is 4. The molecule has 3 rings (SSSR count). The van der Waals surface area contributed by atoms with Crippen molar-refractivity contribution in [3.8, 4) is 0 Å². The molecule has 1 aromatic carbocycles. The van der Waals surface area contributed by atoms with Crippen LogP contribution in [0.2, 0.25) is 0 Å². The summed E-state index contributed by atoms with van der Waals surface area (Å²) in [6, 6.07) is 6.45. The van der Waals surface area contributed by atoms with E-state index in [0.29, 0.717) is 0 Å². The first-order valence-corrected chi connectivity index (χ1v) is 10.7. The zero-order valence-electron chi connectivity index (χ0n) is 17.3. The maximum Gasteiger partial charge on any atom is 0.191 e. The average Bonchev–Trinajstić information content (AvgIpc) is 3.11. The number of H-pyrrole nitrogens is 1. The van der Waals surface area contributed by atoms with Crippen molar-refractivity contribution < 1.29 is 5.11 Å². The number of aliphatic imine (C=N–C) groups is 1. The Hall–Kier alpha value is -2.05. The number of para-hydroxylation sites is 1. The number of nitrogens with zero attached hydrogens (tertiary/aromatic N) is 2. The molecule has 28 heavy (non-hydrogen) atoms. The summed E-state index contributed by atoms with van der Waals surface area (Å²) in [7, 11) is 0. The first-order valence-electron chi connectivity index (χ1n) is 10.7. The summed E-state index contributed by atoms with van der Waals surface area (Å²) in [6.07, 6.45) is 5.85. The number of hydrogen-bond acceptors (Lipinski definition) is 3. The van der Waals surface area contributed by atoms with Gasteiger partial charge in [0, 0.05) is 49.8 Å². The molecule has 2 heterocycles. The Balaban J connectivity index is 1.43. The minimum Gasteiger partial charge on any atom is -0.393 e. The number of piperidine rings is 1. The van der Waals surface area contributed by atoms with Gasteiger partial charge in [0.2, 0.25) is 0 Å². The van der Waals surface area contributed by atoms with Crippen LogP contribution in [0.15, 0.2) is 29.4 Å². The van der Waals surface area contributed by atoms with E-state index in [0.717, 1.165) is 70.9 Å². The molecule has 154 valence electrons. The van der Waals surface area contributed by atoms with Crippen molar-refractivity contribution >= 4 is 16.9 Å². The van der Waals surface area contributed by atoms with Crippen LogP contribution in [0.5, 0.6) is 0 Å². The molecule has 2 aromatic rings. The van der Waals surface area contributed by atoms with E-state index in [2.05, 4.69) is 58.8 Å². The van der Waals surface area contributed by atoms with Crippen molar-refractivity contribution in [2.24, 2.45) is 4.99 Å². The second-order valence-corrected chi connectivity index (χ2v) is 7.68. The lowest BCUT2D eigenvalue weighted by atomic mass is 10.1. The number of guanidine groups is 1. The monoisotopic (exact) mass is 385 g/mol. The van der Waals surface area contributed by atoms with Gasteiger partial charge in [0.05, 0.1) is 6.10 Å². The summed E-state index contributed by atoms with van der Waals surface area (Å²) < 4.78 is 0.